The number of carbonyl (C=O) groups is 1. The van der Waals surface area contributed by atoms with E-state index in [-0.39, 0.29) is 41.3 Å². The molecule has 45 heavy (non-hydrogen) atoms. The molecule has 0 saturated carbocycles. The highest BCUT2D eigenvalue weighted by atomic mass is 32.2. The lowest BCUT2D eigenvalue weighted by Crippen LogP contribution is -2.44. The number of aliphatic carboxylic acids is 1. The minimum Gasteiger partial charge on any atom is -0.496 e. The smallest absolute Gasteiger partial charge is 0.417 e. The highest BCUT2D eigenvalue weighted by Crippen LogP contribution is 2.42. The number of hydrogen-bond acceptors (Lipinski definition) is 7. The zero-order valence-corrected chi connectivity index (χ0v) is 24.5. The maximum absolute atomic E-state index is 14.0. The molecule has 0 radical (unpaired) electrons. The van der Waals surface area contributed by atoms with Gasteiger partial charge >= 0.3 is 18.3 Å². The van der Waals surface area contributed by atoms with Crippen molar-refractivity contribution in [1.82, 2.24) is 4.98 Å². The van der Waals surface area contributed by atoms with Crippen LogP contribution in [0.1, 0.15) is 42.0 Å². The van der Waals surface area contributed by atoms with Gasteiger partial charge in [-0.2, -0.15) is 26.3 Å². The van der Waals surface area contributed by atoms with Gasteiger partial charge in [0.1, 0.15) is 17.6 Å². The predicted octanol–water partition coefficient (Wildman–Crippen LogP) is 6.52. The number of hydrogen-bond donors (Lipinski definition) is 1. The van der Waals surface area contributed by atoms with Crippen LogP contribution in [0.5, 0.6) is 17.4 Å². The summed E-state index contributed by atoms with van der Waals surface area (Å²) >= 11 is 0. The molecule has 0 saturated heterocycles. The van der Waals surface area contributed by atoms with E-state index in [0.717, 1.165) is 16.4 Å². The Labute approximate surface area is 253 Å². The number of pyridine rings is 1. The first kappa shape index (κ1) is 33.4. The molecule has 9 nitrogen and oxygen atoms in total. The number of benzene rings is 2. The summed E-state index contributed by atoms with van der Waals surface area (Å²) in [4.78, 5) is 13.9. The summed E-state index contributed by atoms with van der Waals surface area (Å²) in [7, 11) is -3.68. The Morgan fingerprint density at radius 1 is 1.11 bits per heavy atom. The number of anilines is 1. The van der Waals surface area contributed by atoms with Crippen LogP contribution in [0.15, 0.2) is 53.6 Å². The SMILES string of the molecule is CCOc1ncc(C(F)(F)F)cc1S(=O)(=O)N1CC(CCC(=O)O)Oc2ccc(C=Cc3c(OC)cccc3C(F)(F)F)cc21. The van der Waals surface area contributed by atoms with Crippen molar-refractivity contribution in [3.8, 4) is 17.4 Å². The average molecular weight is 661 g/mol. The molecule has 1 atom stereocenters. The van der Waals surface area contributed by atoms with Crippen molar-refractivity contribution in [2.75, 3.05) is 24.6 Å². The molecule has 1 N–H and O–H groups in total. The maximum atomic E-state index is 14.0. The van der Waals surface area contributed by atoms with E-state index in [1.165, 1.54) is 50.4 Å². The van der Waals surface area contributed by atoms with Crippen LogP contribution >= 0.6 is 0 Å². The third-order valence-electron chi connectivity index (χ3n) is 6.62. The summed E-state index contributed by atoms with van der Waals surface area (Å²) in [5.74, 6) is -1.90. The van der Waals surface area contributed by atoms with Gasteiger partial charge in [0.25, 0.3) is 10.0 Å². The highest BCUT2D eigenvalue weighted by Gasteiger charge is 2.40. The number of alkyl halides is 6. The topological polar surface area (TPSA) is 115 Å². The van der Waals surface area contributed by atoms with Crippen molar-refractivity contribution >= 4 is 33.8 Å². The summed E-state index contributed by atoms with van der Waals surface area (Å²) in [6, 6.07) is 7.77. The number of halogens is 6. The van der Waals surface area contributed by atoms with Crippen LogP contribution in [0.2, 0.25) is 0 Å². The van der Waals surface area contributed by atoms with E-state index in [1.54, 1.807) is 0 Å². The lowest BCUT2D eigenvalue weighted by molar-refractivity contribution is -0.138. The summed E-state index contributed by atoms with van der Waals surface area (Å²) in [5.41, 5.74) is -2.58. The Kier molecular flexibility index (Phi) is 9.56. The Bertz CT molecular complexity index is 1710. The number of methoxy groups -OCH3 is 1. The van der Waals surface area contributed by atoms with E-state index in [0.29, 0.717) is 12.3 Å². The van der Waals surface area contributed by atoms with Gasteiger partial charge in [0, 0.05) is 18.2 Å². The minimum absolute atomic E-state index is 0.0523. The molecule has 2 heterocycles. The van der Waals surface area contributed by atoms with E-state index in [4.69, 9.17) is 19.3 Å². The largest absolute Gasteiger partial charge is 0.496 e. The van der Waals surface area contributed by atoms with Crippen LogP contribution in [0.25, 0.3) is 12.2 Å². The Morgan fingerprint density at radius 3 is 2.47 bits per heavy atom. The van der Waals surface area contributed by atoms with E-state index in [1.807, 2.05) is 0 Å². The molecule has 1 aromatic heterocycles. The zero-order chi connectivity index (χ0) is 33.2. The van der Waals surface area contributed by atoms with E-state index in [2.05, 4.69) is 4.98 Å². The molecule has 0 bridgehead atoms. The molecule has 0 spiro atoms. The lowest BCUT2D eigenvalue weighted by atomic mass is 10.0. The van der Waals surface area contributed by atoms with Gasteiger partial charge in [0.15, 0.2) is 4.90 Å². The van der Waals surface area contributed by atoms with Gasteiger partial charge in [-0.3, -0.25) is 9.10 Å². The highest BCUT2D eigenvalue weighted by molar-refractivity contribution is 7.93. The van der Waals surface area contributed by atoms with Crippen molar-refractivity contribution < 1.29 is 58.9 Å². The number of ether oxygens (including phenoxy) is 3. The van der Waals surface area contributed by atoms with Crippen LogP contribution < -0.4 is 18.5 Å². The molecular formula is C29H26F6N2O7S. The molecular weight excluding hydrogens is 634 g/mol. The van der Waals surface area contributed by atoms with Gasteiger partial charge in [0.05, 0.1) is 37.1 Å². The summed E-state index contributed by atoms with van der Waals surface area (Å²) in [6.07, 6.45) is -8.38. The van der Waals surface area contributed by atoms with Crippen molar-refractivity contribution in [3.63, 3.8) is 0 Å². The van der Waals surface area contributed by atoms with Crippen molar-refractivity contribution in [1.29, 1.82) is 0 Å². The zero-order valence-electron chi connectivity index (χ0n) is 23.6. The van der Waals surface area contributed by atoms with Gasteiger partial charge in [-0.05, 0) is 49.2 Å². The fraction of sp³-hybridized carbons (Fsp3) is 0.310. The first-order valence-corrected chi connectivity index (χ1v) is 14.7. The second-order valence-electron chi connectivity index (χ2n) is 9.65. The molecule has 2 aromatic carbocycles. The third kappa shape index (κ3) is 7.44. The Hall–Kier alpha value is -4.47. The number of aromatic nitrogens is 1. The van der Waals surface area contributed by atoms with Gasteiger partial charge in [-0.25, -0.2) is 13.4 Å². The molecule has 0 aliphatic carbocycles. The van der Waals surface area contributed by atoms with Crippen LogP contribution in [-0.4, -0.2) is 50.8 Å². The summed E-state index contributed by atoms with van der Waals surface area (Å²) in [6.45, 7) is 0.855. The monoisotopic (exact) mass is 660 g/mol. The molecule has 242 valence electrons. The van der Waals surface area contributed by atoms with Crippen LogP contribution in [0.3, 0.4) is 0 Å². The Morgan fingerprint density at radius 2 is 1.84 bits per heavy atom. The molecule has 1 aliphatic heterocycles. The molecule has 1 unspecified atom stereocenters. The fourth-order valence-corrected chi connectivity index (χ4v) is 6.16. The Balaban J connectivity index is 1.85. The normalized spacial score (nSPS) is 15.5. The van der Waals surface area contributed by atoms with E-state index < -0.39 is 69.3 Å². The molecule has 1 aliphatic rings. The van der Waals surface area contributed by atoms with Gasteiger partial charge in [-0.1, -0.05) is 24.3 Å². The summed E-state index contributed by atoms with van der Waals surface area (Å²) in [5, 5.41) is 9.14. The predicted molar refractivity (Wildman–Crippen MR) is 150 cm³/mol. The molecule has 3 aromatic rings. The number of fused-ring (bicyclic) bond motifs is 1. The van der Waals surface area contributed by atoms with E-state index >= 15 is 0 Å². The second kappa shape index (κ2) is 12.9. The van der Waals surface area contributed by atoms with Crippen molar-refractivity contribution in [3.05, 3.63) is 70.9 Å². The molecule has 16 heteroatoms. The number of sulfonamides is 1. The standard InChI is InChI=1S/C29H26F6N2O7S/c1-3-43-27-25(14-18(15-36-27)28(30,31)32)45(40,41)37-16-19(9-12-26(38)39)44-24-11-8-17(13-22(24)37)7-10-20-21(29(33,34)35)5-4-6-23(20)42-2/h4-8,10-11,13-15,19H,3,9,12,16H2,1-2H3,(H,38,39). The lowest BCUT2D eigenvalue weighted by Gasteiger charge is -2.35. The number of rotatable bonds is 10. The number of carboxylic acids is 1. The first-order chi connectivity index (χ1) is 21.1. The number of carboxylic acid groups (broad SMARTS) is 1. The van der Waals surface area contributed by atoms with Gasteiger partial charge in [-0.15, -0.1) is 0 Å². The molecule has 4 rings (SSSR count). The molecule has 0 fully saturated rings. The van der Waals surface area contributed by atoms with Crippen LogP contribution in [0.4, 0.5) is 32.0 Å². The van der Waals surface area contributed by atoms with Crippen LogP contribution in [0, 0.1) is 0 Å². The van der Waals surface area contributed by atoms with Crippen LogP contribution in [-0.2, 0) is 27.2 Å². The van der Waals surface area contributed by atoms with E-state index in [9.17, 15) is 39.6 Å². The maximum Gasteiger partial charge on any atom is 0.417 e. The quantitative estimate of drug-likeness (QED) is 0.193. The van der Waals surface area contributed by atoms with Crippen molar-refractivity contribution in [2.45, 2.75) is 43.1 Å². The van der Waals surface area contributed by atoms with Gasteiger partial charge < -0.3 is 19.3 Å². The molecule has 0 amide bonds. The summed E-state index contributed by atoms with van der Waals surface area (Å²) < 4.78 is 127. The van der Waals surface area contributed by atoms with Crippen molar-refractivity contribution in [2.24, 2.45) is 0 Å². The van der Waals surface area contributed by atoms with Gasteiger partial charge in [0.2, 0.25) is 5.88 Å². The second-order valence-corrected chi connectivity index (χ2v) is 11.5. The first-order valence-electron chi connectivity index (χ1n) is 13.2. The average Bonchev–Trinajstić information content (AvgIpc) is 2.97. The minimum atomic E-state index is -4.94. The third-order valence-corrected chi connectivity index (χ3v) is 8.40. The number of nitrogens with zero attached hydrogens (tertiary/aromatic N) is 2. The fourth-order valence-electron chi connectivity index (χ4n) is 4.55.